The Morgan fingerprint density at radius 2 is 1.56 bits per heavy atom. The van der Waals surface area contributed by atoms with Crippen molar-refractivity contribution in [3.8, 4) is 11.1 Å². The second kappa shape index (κ2) is 4.05. The molecule has 2 heteroatoms. The molecule has 0 spiro atoms. The van der Waals surface area contributed by atoms with Crippen LogP contribution in [-0.4, -0.2) is 0 Å². The zero-order chi connectivity index (χ0) is 11.7. The number of aryl methyl sites for hydroxylation is 2. The topological polar surface area (TPSA) is 0 Å². The predicted molar refractivity (Wildman–Crippen MR) is 61.3 cm³/mol. The molecule has 0 nitrogen and oxygen atoms in total. The predicted octanol–water partition coefficient (Wildman–Crippen LogP) is 4.25. The van der Waals surface area contributed by atoms with Crippen LogP contribution in [0.3, 0.4) is 0 Å². The van der Waals surface area contributed by atoms with Crippen molar-refractivity contribution in [3.05, 3.63) is 59.2 Å². The lowest BCUT2D eigenvalue weighted by Crippen LogP contribution is -1.88. The first-order valence-electron chi connectivity index (χ1n) is 5.10. The third-order valence-electron chi connectivity index (χ3n) is 2.67. The van der Waals surface area contributed by atoms with Crippen molar-refractivity contribution in [2.24, 2.45) is 0 Å². The van der Waals surface area contributed by atoms with E-state index < -0.39 is 0 Å². The third kappa shape index (κ3) is 1.96. The van der Waals surface area contributed by atoms with Crippen LogP contribution in [0.15, 0.2) is 36.4 Å². The lowest BCUT2D eigenvalue weighted by Gasteiger charge is -2.07. The Bertz CT molecular complexity index is 530. The summed E-state index contributed by atoms with van der Waals surface area (Å²) in [4.78, 5) is 0. The molecular weight excluding hydrogens is 206 g/mol. The molecule has 0 aliphatic heterocycles. The fourth-order valence-corrected chi connectivity index (χ4v) is 1.72. The monoisotopic (exact) mass is 218 g/mol. The summed E-state index contributed by atoms with van der Waals surface area (Å²) in [5.41, 5.74) is 3.20. The smallest absolute Gasteiger partial charge is 0.126 e. The van der Waals surface area contributed by atoms with Crippen molar-refractivity contribution >= 4 is 0 Å². The van der Waals surface area contributed by atoms with E-state index in [4.69, 9.17) is 0 Å². The summed E-state index contributed by atoms with van der Waals surface area (Å²) < 4.78 is 26.3. The van der Waals surface area contributed by atoms with Crippen LogP contribution < -0.4 is 0 Å². The minimum atomic E-state index is -0.275. The normalized spacial score (nSPS) is 10.5. The van der Waals surface area contributed by atoms with Gasteiger partial charge in [-0.3, -0.25) is 0 Å². The van der Waals surface area contributed by atoms with Crippen molar-refractivity contribution in [1.29, 1.82) is 0 Å². The van der Waals surface area contributed by atoms with Crippen LogP contribution in [0.2, 0.25) is 0 Å². The highest BCUT2D eigenvalue weighted by molar-refractivity contribution is 5.67. The van der Waals surface area contributed by atoms with Crippen LogP contribution in [0.25, 0.3) is 11.1 Å². The summed E-state index contributed by atoms with van der Waals surface area (Å²) in [7, 11) is 0. The Hall–Kier alpha value is -1.70. The zero-order valence-corrected chi connectivity index (χ0v) is 9.22. The molecule has 0 atom stereocenters. The van der Waals surface area contributed by atoms with E-state index in [1.807, 2.05) is 6.92 Å². The molecule has 0 aliphatic rings. The lowest BCUT2D eigenvalue weighted by atomic mass is 9.99. The molecule has 0 heterocycles. The first-order chi connectivity index (χ1) is 7.58. The number of rotatable bonds is 1. The summed E-state index contributed by atoms with van der Waals surface area (Å²) >= 11 is 0. The molecule has 16 heavy (non-hydrogen) atoms. The van der Waals surface area contributed by atoms with Crippen LogP contribution in [0.4, 0.5) is 8.78 Å². The van der Waals surface area contributed by atoms with Gasteiger partial charge in [0.2, 0.25) is 0 Å². The van der Waals surface area contributed by atoms with Gasteiger partial charge in [0.25, 0.3) is 0 Å². The van der Waals surface area contributed by atoms with Gasteiger partial charge < -0.3 is 0 Å². The summed E-state index contributed by atoms with van der Waals surface area (Å²) in [6, 6.07) is 9.44. The van der Waals surface area contributed by atoms with E-state index in [1.54, 1.807) is 25.1 Å². The molecule has 82 valence electrons. The fourth-order valence-electron chi connectivity index (χ4n) is 1.72. The molecule has 0 fully saturated rings. The van der Waals surface area contributed by atoms with Gasteiger partial charge in [-0.15, -0.1) is 0 Å². The van der Waals surface area contributed by atoms with Crippen molar-refractivity contribution < 1.29 is 8.78 Å². The van der Waals surface area contributed by atoms with Crippen LogP contribution in [0, 0.1) is 25.5 Å². The SMILES string of the molecule is Cc1cc(-c2cc(F)ccc2C)ccc1F. The Morgan fingerprint density at radius 1 is 0.812 bits per heavy atom. The molecule has 2 aromatic carbocycles. The van der Waals surface area contributed by atoms with Gasteiger partial charge in [-0.25, -0.2) is 8.78 Å². The fraction of sp³-hybridized carbons (Fsp3) is 0.143. The quantitative estimate of drug-likeness (QED) is 0.671. The number of hydrogen-bond donors (Lipinski definition) is 0. The van der Waals surface area contributed by atoms with Crippen LogP contribution in [0.1, 0.15) is 11.1 Å². The highest BCUT2D eigenvalue weighted by Gasteiger charge is 2.05. The van der Waals surface area contributed by atoms with Gasteiger partial charge in [-0.2, -0.15) is 0 Å². The third-order valence-corrected chi connectivity index (χ3v) is 2.67. The van der Waals surface area contributed by atoms with Gasteiger partial charge in [0, 0.05) is 0 Å². The number of benzene rings is 2. The standard InChI is InChI=1S/C14H12F2/c1-9-3-5-12(15)8-13(9)11-4-6-14(16)10(2)7-11/h3-8H,1-2H3. The van der Waals surface area contributed by atoms with E-state index in [9.17, 15) is 8.78 Å². The summed E-state index contributed by atoms with van der Waals surface area (Å²) in [5, 5.41) is 0. The molecule has 0 amide bonds. The van der Waals surface area contributed by atoms with E-state index in [2.05, 4.69) is 0 Å². The van der Waals surface area contributed by atoms with Gasteiger partial charge >= 0.3 is 0 Å². The Balaban J connectivity index is 2.58. The molecule has 2 aromatic rings. The van der Waals surface area contributed by atoms with Crippen molar-refractivity contribution in [2.75, 3.05) is 0 Å². The van der Waals surface area contributed by atoms with E-state index in [0.717, 1.165) is 16.7 Å². The van der Waals surface area contributed by atoms with Gasteiger partial charge in [0.15, 0.2) is 0 Å². The van der Waals surface area contributed by atoms with Gasteiger partial charge in [0.05, 0.1) is 0 Å². The molecule has 0 radical (unpaired) electrons. The molecule has 0 aromatic heterocycles. The molecule has 0 unspecified atom stereocenters. The molecule has 2 rings (SSSR count). The van der Waals surface area contributed by atoms with Crippen LogP contribution >= 0.6 is 0 Å². The largest absolute Gasteiger partial charge is 0.207 e. The van der Waals surface area contributed by atoms with Crippen molar-refractivity contribution in [3.63, 3.8) is 0 Å². The van der Waals surface area contributed by atoms with E-state index in [-0.39, 0.29) is 11.6 Å². The average molecular weight is 218 g/mol. The Kier molecular flexibility index (Phi) is 2.73. The maximum absolute atomic E-state index is 13.1. The number of hydrogen-bond acceptors (Lipinski definition) is 0. The van der Waals surface area contributed by atoms with E-state index in [1.165, 1.54) is 18.2 Å². The van der Waals surface area contributed by atoms with E-state index >= 15 is 0 Å². The first kappa shape index (κ1) is 10.8. The molecule has 0 saturated carbocycles. The number of halogens is 2. The summed E-state index contributed by atoms with van der Waals surface area (Å²) in [5.74, 6) is -0.514. The van der Waals surface area contributed by atoms with Crippen molar-refractivity contribution in [1.82, 2.24) is 0 Å². The summed E-state index contributed by atoms with van der Waals surface area (Å²) in [6.45, 7) is 3.61. The maximum atomic E-state index is 13.1. The molecule has 0 saturated heterocycles. The molecule has 0 N–H and O–H groups in total. The summed E-state index contributed by atoms with van der Waals surface area (Å²) in [6.07, 6.45) is 0. The first-order valence-corrected chi connectivity index (χ1v) is 5.10. The minimum absolute atomic E-state index is 0.238. The van der Waals surface area contributed by atoms with Crippen LogP contribution in [0.5, 0.6) is 0 Å². The van der Waals surface area contributed by atoms with Crippen LogP contribution in [-0.2, 0) is 0 Å². The molecule has 0 aliphatic carbocycles. The highest BCUT2D eigenvalue weighted by atomic mass is 19.1. The van der Waals surface area contributed by atoms with E-state index in [0.29, 0.717) is 5.56 Å². The second-order valence-corrected chi connectivity index (χ2v) is 3.92. The zero-order valence-electron chi connectivity index (χ0n) is 9.22. The highest BCUT2D eigenvalue weighted by Crippen LogP contribution is 2.25. The average Bonchev–Trinajstić information content (AvgIpc) is 2.26. The molecule has 0 bridgehead atoms. The maximum Gasteiger partial charge on any atom is 0.126 e. The molecular formula is C14H12F2. The van der Waals surface area contributed by atoms with Crippen molar-refractivity contribution in [2.45, 2.75) is 13.8 Å². The van der Waals surface area contributed by atoms with Gasteiger partial charge in [-0.1, -0.05) is 12.1 Å². The minimum Gasteiger partial charge on any atom is -0.207 e. The Labute approximate surface area is 93.5 Å². The second-order valence-electron chi connectivity index (χ2n) is 3.92. The lowest BCUT2D eigenvalue weighted by molar-refractivity contribution is 0.618. The van der Waals surface area contributed by atoms with Gasteiger partial charge in [-0.05, 0) is 60.4 Å². The van der Waals surface area contributed by atoms with Gasteiger partial charge in [0.1, 0.15) is 11.6 Å². The Morgan fingerprint density at radius 3 is 2.25 bits per heavy atom.